The molecule has 0 bridgehead atoms. The minimum atomic E-state index is -1.02. The summed E-state index contributed by atoms with van der Waals surface area (Å²) < 4.78 is 6.12. The van der Waals surface area contributed by atoms with E-state index in [-0.39, 0.29) is 22.3 Å². The van der Waals surface area contributed by atoms with E-state index in [2.05, 4.69) is 65.1 Å². The first-order valence-electron chi connectivity index (χ1n) is 11.4. The number of nitrogens with one attached hydrogen (secondary N) is 1. The smallest absolute Gasteiger partial charge is 0.335 e. The molecule has 0 aliphatic heterocycles. The average Bonchev–Trinajstić information content (AvgIpc) is 2.76. The number of hydrogen-bond acceptors (Lipinski definition) is 3. The number of carboxylic acid groups (broad SMARTS) is 1. The van der Waals surface area contributed by atoms with Crippen LogP contribution in [0.3, 0.4) is 0 Å². The van der Waals surface area contributed by atoms with E-state index in [1.54, 1.807) is 12.1 Å². The fraction of sp³-hybridized carbons (Fsp3) is 0.481. The molecule has 0 fully saturated rings. The van der Waals surface area contributed by atoms with Gasteiger partial charge < -0.3 is 15.2 Å². The third kappa shape index (κ3) is 6.59. The maximum atomic E-state index is 12.3. The van der Waals surface area contributed by atoms with Crippen molar-refractivity contribution in [3.05, 3.63) is 59.2 Å². The molecule has 1 amide bonds. The van der Waals surface area contributed by atoms with Crippen molar-refractivity contribution in [2.75, 3.05) is 11.9 Å². The van der Waals surface area contributed by atoms with Crippen LogP contribution in [0, 0.1) is 0 Å². The highest BCUT2D eigenvalue weighted by Crippen LogP contribution is 2.38. The number of carbonyl (C=O) groups is 2. The Balaban J connectivity index is 2.00. The molecule has 2 aromatic rings. The lowest BCUT2D eigenvalue weighted by molar-refractivity contribution is -0.116. The van der Waals surface area contributed by atoms with Gasteiger partial charge in [-0.05, 0) is 59.9 Å². The maximum absolute atomic E-state index is 12.3. The molecule has 0 atom stereocenters. The van der Waals surface area contributed by atoms with Crippen LogP contribution in [-0.4, -0.2) is 23.6 Å². The van der Waals surface area contributed by atoms with Gasteiger partial charge in [-0.1, -0.05) is 59.7 Å². The summed E-state index contributed by atoms with van der Waals surface area (Å²) in [6, 6.07) is 12.7. The molecule has 0 spiro atoms. The van der Waals surface area contributed by atoms with Crippen molar-refractivity contribution in [2.45, 2.75) is 78.1 Å². The fourth-order valence-electron chi connectivity index (χ4n) is 3.37. The Morgan fingerprint density at radius 2 is 1.66 bits per heavy atom. The minimum Gasteiger partial charge on any atom is -0.493 e. The highest BCUT2D eigenvalue weighted by Gasteiger charge is 2.26. The van der Waals surface area contributed by atoms with Crippen LogP contribution in [0.5, 0.6) is 5.75 Å². The van der Waals surface area contributed by atoms with E-state index in [1.165, 1.54) is 23.3 Å². The van der Waals surface area contributed by atoms with E-state index in [9.17, 15) is 9.59 Å². The first-order chi connectivity index (χ1) is 15.0. The Bertz CT molecular complexity index is 946. The molecule has 2 aromatic carbocycles. The topological polar surface area (TPSA) is 75.6 Å². The standard InChI is InChI=1S/C27H37NO4/c1-7-26(3,4)20-14-15-23(22(18-20)27(5,6)8-2)32-16-10-13-24(29)28-21-12-9-11-19(17-21)25(30)31/h9,11-12,14-15,17-18H,7-8,10,13,16H2,1-6H3,(H,28,29)(H,30,31). The summed E-state index contributed by atoms with van der Waals surface area (Å²) in [6.45, 7) is 13.8. The van der Waals surface area contributed by atoms with E-state index in [4.69, 9.17) is 9.84 Å². The van der Waals surface area contributed by atoms with Crippen LogP contribution in [0.1, 0.15) is 88.7 Å². The number of rotatable bonds is 11. The van der Waals surface area contributed by atoms with E-state index in [1.807, 2.05) is 0 Å². The number of carboxylic acids is 1. The second kappa shape index (κ2) is 10.7. The Labute approximate surface area is 192 Å². The lowest BCUT2D eigenvalue weighted by Crippen LogP contribution is -2.21. The molecule has 0 unspecified atom stereocenters. The Morgan fingerprint density at radius 3 is 2.28 bits per heavy atom. The molecule has 2 rings (SSSR count). The average molecular weight is 440 g/mol. The summed E-state index contributed by atoms with van der Waals surface area (Å²) in [6.07, 6.45) is 2.92. The van der Waals surface area contributed by atoms with Crippen molar-refractivity contribution in [3.63, 3.8) is 0 Å². The van der Waals surface area contributed by atoms with Gasteiger partial charge in [0.15, 0.2) is 0 Å². The molecule has 2 N–H and O–H groups in total. The van der Waals surface area contributed by atoms with Crippen LogP contribution in [0.15, 0.2) is 42.5 Å². The lowest BCUT2D eigenvalue weighted by Gasteiger charge is -2.30. The van der Waals surface area contributed by atoms with Gasteiger partial charge in [0.1, 0.15) is 5.75 Å². The fourth-order valence-corrected chi connectivity index (χ4v) is 3.37. The monoisotopic (exact) mass is 439 g/mol. The zero-order chi connectivity index (χ0) is 23.9. The SMILES string of the molecule is CCC(C)(C)c1ccc(OCCCC(=O)Nc2cccc(C(=O)O)c2)c(C(C)(C)CC)c1. The molecule has 174 valence electrons. The highest BCUT2D eigenvalue weighted by molar-refractivity contribution is 5.93. The number of amides is 1. The van der Waals surface area contributed by atoms with Crippen molar-refractivity contribution in [2.24, 2.45) is 0 Å². The summed E-state index contributed by atoms with van der Waals surface area (Å²) in [5.74, 6) is -0.305. The van der Waals surface area contributed by atoms with E-state index >= 15 is 0 Å². The summed E-state index contributed by atoms with van der Waals surface area (Å²) in [5, 5.41) is 11.8. The van der Waals surface area contributed by atoms with Gasteiger partial charge in [-0.3, -0.25) is 4.79 Å². The zero-order valence-electron chi connectivity index (χ0n) is 20.2. The molecule has 0 aromatic heterocycles. The summed E-state index contributed by atoms with van der Waals surface area (Å²) in [7, 11) is 0. The van der Waals surface area contributed by atoms with Crippen LogP contribution in [0.2, 0.25) is 0 Å². The minimum absolute atomic E-state index is 0.0122. The molecule has 0 saturated carbocycles. The zero-order valence-corrected chi connectivity index (χ0v) is 20.2. The van der Waals surface area contributed by atoms with Crippen molar-refractivity contribution in [1.29, 1.82) is 0 Å². The number of aromatic carboxylic acids is 1. The lowest BCUT2D eigenvalue weighted by atomic mass is 9.76. The van der Waals surface area contributed by atoms with Crippen molar-refractivity contribution < 1.29 is 19.4 Å². The third-order valence-electron chi connectivity index (χ3n) is 6.46. The molecule has 0 aliphatic carbocycles. The van der Waals surface area contributed by atoms with Crippen LogP contribution in [-0.2, 0) is 15.6 Å². The summed E-state index contributed by atoms with van der Waals surface area (Å²) in [5.41, 5.74) is 3.24. The van der Waals surface area contributed by atoms with Crippen molar-refractivity contribution in [3.8, 4) is 5.75 Å². The van der Waals surface area contributed by atoms with Gasteiger partial charge in [0, 0.05) is 17.7 Å². The highest BCUT2D eigenvalue weighted by atomic mass is 16.5. The first kappa shape index (κ1) is 25.4. The second-order valence-electron chi connectivity index (χ2n) is 9.57. The van der Waals surface area contributed by atoms with Gasteiger partial charge in [0.25, 0.3) is 0 Å². The summed E-state index contributed by atoms with van der Waals surface area (Å²) in [4.78, 5) is 23.3. The molecule has 5 nitrogen and oxygen atoms in total. The van der Waals surface area contributed by atoms with Crippen LogP contribution < -0.4 is 10.1 Å². The number of carbonyl (C=O) groups excluding carboxylic acids is 1. The van der Waals surface area contributed by atoms with Crippen LogP contribution in [0.4, 0.5) is 5.69 Å². The number of benzene rings is 2. The van der Waals surface area contributed by atoms with E-state index in [0.717, 1.165) is 18.6 Å². The molecule has 0 heterocycles. The van der Waals surface area contributed by atoms with Gasteiger partial charge in [0.05, 0.1) is 12.2 Å². The molecule has 5 heteroatoms. The molecule has 0 radical (unpaired) electrons. The molecule has 32 heavy (non-hydrogen) atoms. The number of anilines is 1. The van der Waals surface area contributed by atoms with Crippen molar-refractivity contribution >= 4 is 17.6 Å². The number of hydrogen-bond donors (Lipinski definition) is 2. The van der Waals surface area contributed by atoms with E-state index < -0.39 is 5.97 Å². The predicted octanol–water partition coefficient (Wildman–Crippen LogP) is 6.56. The molecule has 0 saturated heterocycles. The maximum Gasteiger partial charge on any atom is 0.335 e. The van der Waals surface area contributed by atoms with Gasteiger partial charge in [-0.25, -0.2) is 4.79 Å². The van der Waals surface area contributed by atoms with Crippen LogP contribution in [0.25, 0.3) is 0 Å². The molecular weight excluding hydrogens is 402 g/mol. The predicted molar refractivity (Wildman–Crippen MR) is 130 cm³/mol. The van der Waals surface area contributed by atoms with Crippen LogP contribution >= 0.6 is 0 Å². The second-order valence-corrected chi connectivity index (χ2v) is 9.57. The summed E-state index contributed by atoms with van der Waals surface area (Å²) >= 11 is 0. The quantitative estimate of drug-likeness (QED) is 0.389. The van der Waals surface area contributed by atoms with Gasteiger partial charge in [-0.15, -0.1) is 0 Å². The normalized spacial score (nSPS) is 11.8. The van der Waals surface area contributed by atoms with Crippen molar-refractivity contribution in [1.82, 2.24) is 0 Å². The molecule has 0 aliphatic rings. The Hall–Kier alpha value is -2.82. The third-order valence-corrected chi connectivity index (χ3v) is 6.46. The Morgan fingerprint density at radius 1 is 0.969 bits per heavy atom. The first-order valence-corrected chi connectivity index (χ1v) is 11.4. The van der Waals surface area contributed by atoms with Gasteiger partial charge in [0.2, 0.25) is 5.91 Å². The number of ether oxygens (including phenoxy) is 1. The van der Waals surface area contributed by atoms with Gasteiger partial charge in [-0.2, -0.15) is 0 Å². The van der Waals surface area contributed by atoms with E-state index in [0.29, 0.717) is 25.1 Å². The van der Waals surface area contributed by atoms with Gasteiger partial charge >= 0.3 is 5.97 Å². The Kier molecular flexibility index (Phi) is 8.48. The largest absolute Gasteiger partial charge is 0.493 e. The molecular formula is C27H37NO4.